The Bertz CT molecular complexity index is 661. The molecule has 0 saturated heterocycles. The number of hydrogen-bond donors (Lipinski definition) is 2. The van der Waals surface area contributed by atoms with Gasteiger partial charge >= 0.3 is 0 Å². The van der Waals surface area contributed by atoms with Crippen molar-refractivity contribution in [2.24, 2.45) is 10.9 Å². The third kappa shape index (κ3) is 2.91. The summed E-state index contributed by atoms with van der Waals surface area (Å²) in [5.41, 5.74) is 7.59. The molecule has 0 spiro atoms. The van der Waals surface area contributed by atoms with Crippen LogP contribution in [0.1, 0.15) is 5.56 Å². The van der Waals surface area contributed by atoms with Crippen LogP contribution in [0.4, 0.5) is 15.8 Å². The van der Waals surface area contributed by atoms with Gasteiger partial charge in [-0.25, -0.2) is 4.39 Å². The first-order valence-electron chi connectivity index (χ1n) is 5.79. The van der Waals surface area contributed by atoms with Crippen molar-refractivity contribution in [1.82, 2.24) is 0 Å². The summed E-state index contributed by atoms with van der Waals surface area (Å²) in [6.45, 7) is 0. The molecule has 2 rings (SSSR count). The SMILES string of the molecule is CN(c1cccc(F)c1)c1cc(Br)ccc1/C(N)=N/O. The number of nitrogens with two attached hydrogens (primary N) is 1. The molecule has 0 aliphatic rings. The first kappa shape index (κ1) is 14.3. The molecule has 0 aromatic heterocycles. The summed E-state index contributed by atoms with van der Waals surface area (Å²) in [5, 5.41) is 11.9. The molecule has 0 aliphatic heterocycles. The van der Waals surface area contributed by atoms with Crippen LogP contribution in [0.2, 0.25) is 0 Å². The van der Waals surface area contributed by atoms with Crippen LogP contribution in [0.5, 0.6) is 0 Å². The molecule has 0 saturated carbocycles. The van der Waals surface area contributed by atoms with Crippen molar-refractivity contribution in [2.75, 3.05) is 11.9 Å². The fourth-order valence-electron chi connectivity index (χ4n) is 1.88. The number of nitrogens with zero attached hydrogens (tertiary/aromatic N) is 2. The van der Waals surface area contributed by atoms with Crippen molar-refractivity contribution in [1.29, 1.82) is 0 Å². The molecular weight excluding hydrogens is 325 g/mol. The van der Waals surface area contributed by atoms with E-state index in [1.54, 1.807) is 36.2 Å². The Kier molecular flexibility index (Phi) is 4.24. The van der Waals surface area contributed by atoms with E-state index in [4.69, 9.17) is 10.9 Å². The second-order valence-corrected chi connectivity index (χ2v) is 5.10. The first-order chi connectivity index (χ1) is 9.52. The van der Waals surface area contributed by atoms with Crippen molar-refractivity contribution in [3.05, 3.63) is 58.3 Å². The Morgan fingerprint density at radius 1 is 1.30 bits per heavy atom. The minimum atomic E-state index is -0.324. The van der Waals surface area contributed by atoms with E-state index >= 15 is 0 Å². The number of amidine groups is 1. The maximum atomic E-state index is 13.3. The predicted molar refractivity (Wildman–Crippen MR) is 81.1 cm³/mol. The fourth-order valence-corrected chi connectivity index (χ4v) is 2.23. The zero-order chi connectivity index (χ0) is 14.7. The second kappa shape index (κ2) is 5.92. The van der Waals surface area contributed by atoms with Gasteiger partial charge in [0.15, 0.2) is 5.84 Å². The van der Waals surface area contributed by atoms with Gasteiger partial charge in [0.1, 0.15) is 5.82 Å². The molecular formula is C14H13BrFN3O. The van der Waals surface area contributed by atoms with Gasteiger partial charge in [0.25, 0.3) is 0 Å². The van der Waals surface area contributed by atoms with Crippen molar-refractivity contribution in [2.45, 2.75) is 0 Å². The van der Waals surface area contributed by atoms with Crippen LogP contribution in [0.25, 0.3) is 0 Å². The molecule has 0 bridgehead atoms. The smallest absolute Gasteiger partial charge is 0.172 e. The molecule has 0 fully saturated rings. The van der Waals surface area contributed by atoms with Gasteiger partial charge in [-0.2, -0.15) is 0 Å². The van der Waals surface area contributed by atoms with Crippen LogP contribution in [0.15, 0.2) is 52.1 Å². The maximum Gasteiger partial charge on any atom is 0.172 e. The summed E-state index contributed by atoms with van der Waals surface area (Å²) in [6, 6.07) is 11.5. The Morgan fingerprint density at radius 2 is 2.05 bits per heavy atom. The zero-order valence-electron chi connectivity index (χ0n) is 10.7. The molecule has 2 aromatic carbocycles. The molecule has 0 heterocycles. The lowest BCUT2D eigenvalue weighted by atomic mass is 10.1. The highest BCUT2D eigenvalue weighted by atomic mass is 79.9. The van der Waals surface area contributed by atoms with Crippen molar-refractivity contribution >= 4 is 33.1 Å². The minimum absolute atomic E-state index is 0.00393. The van der Waals surface area contributed by atoms with Crippen LogP contribution in [0.3, 0.4) is 0 Å². The topological polar surface area (TPSA) is 61.8 Å². The Balaban J connectivity index is 2.53. The van der Waals surface area contributed by atoms with Gasteiger partial charge in [-0.3, -0.25) is 0 Å². The average molecular weight is 338 g/mol. The third-order valence-electron chi connectivity index (χ3n) is 2.90. The number of benzene rings is 2. The van der Waals surface area contributed by atoms with Crippen LogP contribution >= 0.6 is 15.9 Å². The van der Waals surface area contributed by atoms with Crippen LogP contribution < -0.4 is 10.6 Å². The molecule has 0 amide bonds. The van der Waals surface area contributed by atoms with E-state index < -0.39 is 0 Å². The van der Waals surface area contributed by atoms with E-state index in [-0.39, 0.29) is 11.7 Å². The Labute approximate surface area is 124 Å². The Morgan fingerprint density at radius 3 is 2.70 bits per heavy atom. The predicted octanol–water partition coefficient (Wildman–Crippen LogP) is 3.45. The van der Waals surface area contributed by atoms with Gasteiger partial charge in [-0.15, -0.1) is 0 Å². The average Bonchev–Trinajstić information content (AvgIpc) is 2.45. The van der Waals surface area contributed by atoms with E-state index in [9.17, 15) is 4.39 Å². The van der Waals surface area contributed by atoms with E-state index in [1.807, 2.05) is 6.07 Å². The van der Waals surface area contributed by atoms with Crippen LogP contribution in [-0.4, -0.2) is 18.1 Å². The lowest BCUT2D eigenvalue weighted by Gasteiger charge is -2.22. The molecule has 4 nitrogen and oxygen atoms in total. The summed E-state index contributed by atoms with van der Waals surface area (Å²) in [6.07, 6.45) is 0. The lowest BCUT2D eigenvalue weighted by Crippen LogP contribution is -2.19. The summed E-state index contributed by atoms with van der Waals surface area (Å²) in [5.74, 6) is -0.328. The number of halogens is 2. The standard InChI is InChI=1S/C14H13BrFN3O/c1-19(11-4-2-3-10(16)8-11)13-7-9(15)5-6-12(13)14(17)18-20/h2-8,20H,1H3,(H2,17,18). The maximum absolute atomic E-state index is 13.3. The molecule has 0 radical (unpaired) electrons. The Hall–Kier alpha value is -2.08. The van der Waals surface area contributed by atoms with Gasteiger partial charge < -0.3 is 15.8 Å². The highest BCUT2D eigenvalue weighted by Gasteiger charge is 2.13. The fraction of sp³-hybridized carbons (Fsp3) is 0.0714. The lowest BCUT2D eigenvalue weighted by molar-refractivity contribution is 0.318. The number of anilines is 2. The van der Waals surface area contributed by atoms with Gasteiger partial charge in [-0.1, -0.05) is 27.2 Å². The summed E-state index contributed by atoms with van der Waals surface area (Å²) >= 11 is 3.38. The van der Waals surface area contributed by atoms with Crippen molar-refractivity contribution < 1.29 is 9.60 Å². The largest absolute Gasteiger partial charge is 0.409 e. The highest BCUT2D eigenvalue weighted by molar-refractivity contribution is 9.10. The zero-order valence-corrected chi connectivity index (χ0v) is 12.3. The molecule has 0 atom stereocenters. The minimum Gasteiger partial charge on any atom is -0.409 e. The first-order valence-corrected chi connectivity index (χ1v) is 6.59. The molecule has 6 heteroatoms. The van der Waals surface area contributed by atoms with Crippen LogP contribution in [-0.2, 0) is 0 Å². The van der Waals surface area contributed by atoms with E-state index in [1.165, 1.54) is 12.1 Å². The summed E-state index contributed by atoms with van der Waals surface area (Å²) in [7, 11) is 1.78. The molecule has 2 aromatic rings. The number of rotatable bonds is 3. The molecule has 0 aliphatic carbocycles. The highest BCUT2D eigenvalue weighted by Crippen LogP contribution is 2.30. The van der Waals surface area contributed by atoms with E-state index in [0.29, 0.717) is 16.9 Å². The normalized spacial score (nSPS) is 11.4. The van der Waals surface area contributed by atoms with Crippen molar-refractivity contribution in [3.63, 3.8) is 0 Å². The van der Waals surface area contributed by atoms with E-state index in [2.05, 4.69) is 21.1 Å². The summed E-state index contributed by atoms with van der Waals surface area (Å²) < 4.78 is 14.2. The number of oxime groups is 1. The van der Waals surface area contributed by atoms with Crippen molar-refractivity contribution in [3.8, 4) is 0 Å². The number of hydrogen-bond acceptors (Lipinski definition) is 3. The molecule has 20 heavy (non-hydrogen) atoms. The quantitative estimate of drug-likeness (QED) is 0.390. The molecule has 3 N–H and O–H groups in total. The van der Waals surface area contributed by atoms with Crippen LogP contribution in [0, 0.1) is 5.82 Å². The summed E-state index contributed by atoms with van der Waals surface area (Å²) in [4.78, 5) is 1.77. The molecule has 104 valence electrons. The van der Waals surface area contributed by atoms with Gasteiger partial charge in [-0.05, 0) is 36.4 Å². The van der Waals surface area contributed by atoms with Gasteiger partial charge in [0.05, 0.1) is 5.69 Å². The molecule has 0 unspecified atom stereocenters. The monoisotopic (exact) mass is 337 g/mol. The van der Waals surface area contributed by atoms with E-state index in [0.717, 1.165) is 4.47 Å². The van der Waals surface area contributed by atoms with Gasteiger partial charge in [0, 0.05) is 22.8 Å². The second-order valence-electron chi connectivity index (χ2n) is 4.19. The third-order valence-corrected chi connectivity index (χ3v) is 3.39. The van der Waals surface area contributed by atoms with Gasteiger partial charge in [0.2, 0.25) is 0 Å².